The molecule has 3 unspecified atom stereocenters. The normalized spacial score (nSPS) is 22.0. The smallest absolute Gasteiger partial charge is 0.174 e. The number of fused-ring (bicyclic) bond motifs is 4. The molecule has 3 atom stereocenters. The summed E-state index contributed by atoms with van der Waals surface area (Å²) in [5.74, 6) is 0.278. The van der Waals surface area contributed by atoms with Crippen LogP contribution in [0.5, 0.6) is 0 Å². The highest BCUT2D eigenvalue weighted by Gasteiger charge is 2.50. The van der Waals surface area contributed by atoms with Crippen LogP contribution >= 0.6 is 0 Å². The van der Waals surface area contributed by atoms with Crippen molar-refractivity contribution in [3.63, 3.8) is 0 Å². The third-order valence-electron chi connectivity index (χ3n) is 12.0. The van der Waals surface area contributed by atoms with Gasteiger partial charge in [0, 0.05) is 11.0 Å². The number of carbonyl (C=O) groups is 1. The van der Waals surface area contributed by atoms with Gasteiger partial charge in [-0.2, -0.15) is 0 Å². The first-order valence-corrected chi connectivity index (χ1v) is 18.6. The number of allylic oxidation sites excluding steroid dienone is 3. The lowest BCUT2D eigenvalue weighted by Crippen LogP contribution is -2.32. The predicted molar refractivity (Wildman–Crippen MR) is 211 cm³/mol. The van der Waals surface area contributed by atoms with Crippen molar-refractivity contribution in [3.05, 3.63) is 226 Å². The number of carbonyl (C=O) groups excluding carboxylic acids is 1. The lowest BCUT2D eigenvalue weighted by molar-refractivity contribution is 0.0810. The Balaban J connectivity index is 0.000000138. The maximum Gasteiger partial charge on any atom is 0.174 e. The van der Waals surface area contributed by atoms with Crippen molar-refractivity contribution in [2.24, 2.45) is 10.8 Å². The van der Waals surface area contributed by atoms with Crippen molar-refractivity contribution in [2.75, 3.05) is 0 Å². The summed E-state index contributed by atoms with van der Waals surface area (Å²) in [6.45, 7) is 0. The van der Waals surface area contributed by atoms with Gasteiger partial charge in [-0.3, -0.25) is 4.79 Å². The van der Waals surface area contributed by atoms with E-state index in [0.29, 0.717) is 0 Å². The van der Waals surface area contributed by atoms with Gasteiger partial charge in [0.2, 0.25) is 0 Å². The molecular formula is C50H42O2. The Hall–Kier alpha value is -5.57. The molecule has 0 aromatic heterocycles. The maximum absolute atomic E-state index is 13.7. The Morgan fingerprint density at radius 3 is 1.58 bits per heavy atom. The molecule has 0 aliphatic heterocycles. The van der Waals surface area contributed by atoms with E-state index in [1.807, 2.05) is 30.3 Å². The van der Waals surface area contributed by atoms with Crippen molar-refractivity contribution in [2.45, 2.75) is 44.6 Å². The highest BCUT2D eigenvalue weighted by atomic mass is 16.3. The van der Waals surface area contributed by atoms with Gasteiger partial charge in [0.1, 0.15) is 0 Å². The van der Waals surface area contributed by atoms with Gasteiger partial charge in [-0.1, -0.05) is 170 Å². The van der Waals surface area contributed by atoms with Gasteiger partial charge >= 0.3 is 0 Å². The zero-order chi connectivity index (χ0) is 35.1. The van der Waals surface area contributed by atoms with E-state index in [2.05, 4.69) is 140 Å². The van der Waals surface area contributed by atoms with Crippen molar-refractivity contribution >= 4 is 16.9 Å². The van der Waals surface area contributed by atoms with Crippen molar-refractivity contribution < 1.29 is 9.90 Å². The molecule has 0 bridgehead atoms. The number of Topliss-reactive ketones (excluding diaryl/α,β-unsaturated/α-hetero) is 1. The minimum atomic E-state index is -0.488. The standard InChI is InChI=1S/C25H22O.C25H20O/c2*26-24-22-13-7-5-11-20(22)17-25(24,16-18-8-2-1-3-9-18)23-15-14-19-10-4-6-12-21(19)23/h1-13,15,24,26H,14,16-17H2;1-13,15H,14,16-17H2. The van der Waals surface area contributed by atoms with E-state index in [9.17, 15) is 9.90 Å². The van der Waals surface area contributed by atoms with E-state index in [1.54, 1.807) is 0 Å². The van der Waals surface area contributed by atoms with Crippen LogP contribution in [-0.2, 0) is 38.5 Å². The number of hydrogen-bond donors (Lipinski definition) is 1. The van der Waals surface area contributed by atoms with Gasteiger partial charge in [0.15, 0.2) is 5.78 Å². The fourth-order valence-corrected chi connectivity index (χ4v) is 9.60. The second-order valence-corrected chi connectivity index (χ2v) is 15.0. The summed E-state index contributed by atoms with van der Waals surface area (Å²) in [7, 11) is 0. The Morgan fingerprint density at radius 1 is 0.481 bits per heavy atom. The first-order chi connectivity index (χ1) is 25.6. The minimum absolute atomic E-state index is 0.278. The third kappa shape index (κ3) is 5.41. The third-order valence-corrected chi connectivity index (χ3v) is 12.0. The number of aliphatic hydroxyl groups is 1. The van der Waals surface area contributed by atoms with Crippen LogP contribution in [0.15, 0.2) is 170 Å². The topological polar surface area (TPSA) is 37.3 Å². The molecule has 2 nitrogen and oxygen atoms in total. The first kappa shape index (κ1) is 32.3. The second kappa shape index (κ2) is 13.2. The van der Waals surface area contributed by atoms with Crippen LogP contribution in [0.2, 0.25) is 0 Å². The van der Waals surface area contributed by atoms with Crippen LogP contribution in [0.3, 0.4) is 0 Å². The summed E-state index contributed by atoms with van der Waals surface area (Å²) in [6.07, 6.45) is 9.33. The van der Waals surface area contributed by atoms with E-state index in [-0.39, 0.29) is 11.2 Å². The van der Waals surface area contributed by atoms with E-state index < -0.39 is 11.5 Å². The monoisotopic (exact) mass is 674 g/mol. The lowest BCUT2D eigenvalue weighted by atomic mass is 9.69. The average molecular weight is 675 g/mol. The van der Waals surface area contributed by atoms with E-state index >= 15 is 0 Å². The van der Waals surface area contributed by atoms with Crippen LogP contribution in [0.1, 0.15) is 66.5 Å². The van der Waals surface area contributed by atoms with Crippen molar-refractivity contribution in [1.82, 2.24) is 0 Å². The lowest BCUT2D eigenvalue weighted by Gasteiger charge is -2.36. The van der Waals surface area contributed by atoms with Gasteiger partial charge in [-0.15, -0.1) is 0 Å². The highest BCUT2D eigenvalue weighted by molar-refractivity contribution is 6.12. The molecule has 0 fully saturated rings. The number of rotatable bonds is 6. The van der Waals surface area contributed by atoms with Crippen LogP contribution in [-0.4, -0.2) is 10.9 Å². The summed E-state index contributed by atoms with van der Waals surface area (Å²) in [5.41, 5.74) is 14.0. The van der Waals surface area contributed by atoms with Crippen LogP contribution in [0.4, 0.5) is 0 Å². The van der Waals surface area contributed by atoms with Crippen molar-refractivity contribution in [3.8, 4) is 0 Å². The average Bonchev–Trinajstić information content (AvgIpc) is 3.96. The Kier molecular flexibility index (Phi) is 8.21. The molecule has 0 saturated carbocycles. The molecule has 0 saturated heterocycles. The van der Waals surface area contributed by atoms with Gasteiger partial charge < -0.3 is 5.11 Å². The van der Waals surface area contributed by atoms with Gasteiger partial charge in [-0.05, 0) is 99.7 Å². The second-order valence-electron chi connectivity index (χ2n) is 15.0. The van der Waals surface area contributed by atoms with E-state index in [1.165, 1.54) is 55.7 Å². The summed E-state index contributed by atoms with van der Waals surface area (Å²) in [5, 5.41) is 11.5. The number of aliphatic hydroxyl groups excluding tert-OH is 1. The zero-order valence-electron chi connectivity index (χ0n) is 29.3. The molecular weight excluding hydrogens is 633 g/mol. The maximum atomic E-state index is 13.7. The quantitative estimate of drug-likeness (QED) is 0.191. The Labute approximate surface area is 306 Å². The Morgan fingerprint density at radius 2 is 0.962 bits per heavy atom. The number of hydrogen-bond acceptors (Lipinski definition) is 2. The first-order valence-electron chi connectivity index (χ1n) is 18.6. The molecule has 1 N–H and O–H groups in total. The van der Waals surface area contributed by atoms with Crippen LogP contribution < -0.4 is 0 Å². The summed E-state index contributed by atoms with van der Waals surface area (Å²) >= 11 is 0. The molecule has 10 rings (SSSR count). The fourth-order valence-electron chi connectivity index (χ4n) is 9.60. The van der Waals surface area contributed by atoms with Crippen molar-refractivity contribution in [1.29, 1.82) is 0 Å². The fraction of sp³-hybridized carbons (Fsp3) is 0.180. The van der Waals surface area contributed by atoms with Gasteiger partial charge in [0.05, 0.1) is 11.5 Å². The molecule has 52 heavy (non-hydrogen) atoms. The molecule has 254 valence electrons. The highest BCUT2D eigenvalue weighted by Crippen LogP contribution is 2.57. The molecule has 0 amide bonds. The summed E-state index contributed by atoms with van der Waals surface area (Å²) < 4.78 is 0. The minimum Gasteiger partial charge on any atom is -0.387 e. The molecule has 6 aromatic carbocycles. The zero-order valence-corrected chi connectivity index (χ0v) is 29.3. The van der Waals surface area contributed by atoms with E-state index in [4.69, 9.17) is 0 Å². The van der Waals surface area contributed by atoms with Crippen LogP contribution in [0, 0.1) is 10.8 Å². The number of benzene rings is 6. The SMILES string of the molecule is O=C1c2ccccc2CC1(Cc1ccccc1)C1=CCc2ccccc21.OC1c2ccccc2CC1(Cc1ccccc1)C1=CCc2ccccc21. The van der Waals surface area contributed by atoms with E-state index in [0.717, 1.165) is 49.7 Å². The molecule has 0 radical (unpaired) electrons. The molecule has 4 aliphatic rings. The Bertz CT molecular complexity index is 2350. The predicted octanol–water partition coefficient (Wildman–Crippen LogP) is 10.4. The molecule has 0 heterocycles. The van der Waals surface area contributed by atoms with Crippen LogP contribution in [0.25, 0.3) is 11.1 Å². The summed E-state index contributed by atoms with van der Waals surface area (Å²) in [4.78, 5) is 13.7. The molecule has 2 heteroatoms. The summed E-state index contributed by atoms with van der Waals surface area (Å²) in [6, 6.07) is 54.7. The number of ketones is 1. The molecule has 4 aliphatic carbocycles. The van der Waals surface area contributed by atoms with Gasteiger partial charge in [-0.25, -0.2) is 0 Å². The molecule has 6 aromatic rings. The largest absolute Gasteiger partial charge is 0.387 e. The van der Waals surface area contributed by atoms with Gasteiger partial charge in [0.25, 0.3) is 0 Å². The molecule has 0 spiro atoms.